The summed E-state index contributed by atoms with van der Waals surface area (Å²) >= 11 is 1.66. The SMILES string of the molecule is Cc1cn2c(CNCCS(=O)(=O)N(C)C)c(C)nc2s1. The van der Waals surface area contributed by atoms with Gasteiger partial charge in [0.1, 0.15) is 0 Å². The van der Waals surface area contributed by atoms with Gasteiger partial charge < -0.3 is 5.32 Å². The number of aryl methyl sites for hydroxylation is 2. The van der Waals surface area contributed by atoms with Crippen molar-refractivity contribution in [1.82, 2.24) is 19.0 Å². The number of thiazole rings is 1. The molecule has 0 radical (unpaired) electrons. The van der Waals surface area contributed by atoms with E-state index < -0.39 is 10.0 Å². The molecule has 0 aromatic carbocycles. The highest BCUT2D eigenvalue weighted by Gasteiger charge is 2.14. The van der Waals surface area contributed by atoms with Crippen LogP contribution in [0.15, 0.2) is 6.20 Å². The molecular formula is C12H20N4O2S2. The monoisotopic (exact) mass is 316 g/mol. The minimum absolute atomic E-state index is 0.101. The molecular weight excluding hydrogens is 296 g/mol. The maximum atomic E-state index is 11.6. The molecule has 2 rings (SSSR count). The van der Waals surface area contributed by atoms with Crippen LogP contribution in [0.3, 0.4) is 0 Å². The molecule has 6 nitrogen and oxygen atoms in total. The van der Waals surface area contributed by atoms with Gasteiger partial charge in [-0.15, -0.1) is 11.3 Å². The molecule has 2 heterocycles. The number of fused-ring (bicyclic) bond motifs is 1. The van der Waals surface area contributed by atoms with Crippen LogP contribution in [-0.4, -0.2) is 48.5 Å². The summed E-state index contributed by atoms with van der Waals surface area (Å²) in [6.07, 6.45) is 2.06. The minimum Gasteiger partial charge on any atom is -0.310 e. The van der Waals surface area contributed by atoms with Gasteiger partial charge in [-0.25, -0.2) is 17.7 Å². The van der Waals surface area contributed by atoms with Crippen LogP contribution in [-0.2, 0) is 16.6 Å². The lowest BCUT2D eigenvalue weighted by molar-refractivity contribution is 0.517. The summed E-state index contributed by atoms with van der Waals surface area (Å²) in [6, 6.07) is 0. The van der Waals surface area contributed by atoms with Gasteiger partial charge in [-0.2, -0.15) is 0 Å². The highest BCUT2D eigenvalue weighted by molar-refractivity contribution is 7.89. The number of sulfonamides is 1. The van der Waals surface area contributed by atoms with Crippen molar-refractivity contribution < 1.29 is 8.42 Å². The van der Waals surface area contributed by atoms with Gasteiger partial charge in [0.2, 0.25) is 10.0 Å². The van der Waals surface area contributed by atoms with Crippen molar-refractivity contribution in [1.29, 1.82) is 0 Å². The van der Waals surface area contributed by atoms with E-state index >= 15 is 0 Å². The number of nitrogens with one attached hydrogen (secondary N) is 1. The standard InChI is InChI=1S/C12H20N4O2S2/c1-9-8-16-11(10(2)14-12(16)19-9)7-13-5-6-20(17,18)15(3)4/h8,13H,5-7H2,1-4H3. The molecule has 1 N–H and O–H groups in total. The maximum absolute atomic E-state index is 11.6. The van der Waals surface area contributed by atoms with E-state index in [9.17, 15) is 8.42 Å². The highest BCUT2D eigenvalue weighted by Crippen LogP contribution is 2.20. The van der Waals surface area contributed by atoms with Crippen molar-refractivity contribution in [3.63, 3.8) is 0 Å². The van der Waals surface area contributed by atoms with Gasteiger partial charge in [-0.3, -0.25) is 4.40 Å². The molecule has 0 atom stereocenters. The third kappa shape index (κ3) is 3.20. The first-order valence-corrected chi connectivity index (χ1v) is 8.78. The lowest BCUT2D eigenvalue weighted by atomic mass is 10.3. The molecule has 112 valence electrons. The van der Waals surface area contributed by atoms with Crippen LogP contribution in [0.5, 0.6) is 0 Å². The Morgan fingerprint density at radius 3 is 2.75 bits per heavy atom. The van der Waals surface area contributed by atoms with Crippen molar-refractivity contribution in [2.75, 3.05) is 26.4 Å². The molecule has 0 aliphatic rings. The Kier molecular flexibility index (Phi) is 4.48. The van der Waals surface area contributed by atoms with Gasteiger partial charge >= 0.3 is 0 Å². The average Bonchev–Trinajstić information content (AvgIpc) is 2.81. The van der Waals surface area contributed by atoms with Crippen LogP contribution in [0.25, 0.3) is 4.96 Å². The van der Waals surface area contributed by atoms with Gasteiger partial charge in [-0.05, 0) is 13.8 Å². The number of hydrogen-bond acceptors (Lipinski definition) is 5. The number of rotatable bonds is 6. The fourth-order valence-corrected chi connectivity index (χ4v) is 3.57. The fraction of sp³-hybridized carbons (Fsp3) is 0.583. The Bertz CT molecular complexity index is 700. The van der Waals surface area contributed by atoms with Crippen LogP contribution in [0.2, 0.25) is 0 Å². The molecule has 0 bridgehead atoms. The summed E-state index contributed by atoms with van der Waals surface area (Å²) in [5, 5.41) is 3.18. The van der Waals surface area contributed by atoms with Crippen LogP contribution in [0.1, 0.15) is 16.3 Å². The third-order valence-electron chi connectivity index (χ3n) is 3.13. The van der Waals surface area contributed by atoms with E-state index in [1.165, 1.54) is 9.18 Å². The van der Waals surface area contributed by atoms with Crippen LogP contribution in [0, 0.1) is 13.8 Å². The van der Waals surface area contributed by atoms with Crippen molar-refractivity contribution in [2.45, 2.75) is 20.4 Å². The summed E-state index contributed by atoms with van der Waals surface area (Å²) in [7, 11) is -0.0378. The van der Waals surface area contributed by atoms with E-state index in [4.69, 9.17) is 0 Å². The predicted octanol–water partition coefficient (Wildman–Crippen LogP) is 0.994. The summed E-state index contributed by atoms with van der Waals surface area (Å²) < 4.78 is 26.6. The van der Waals surface area contributed by atoms with E-state index in [1.54, 1.807) is 25.4 Å². The summed E-state index contributed by atoms with van der Waals surface area (Å²) in [5.41, 5.74) is 2.07. The molecule has 0 aliphatic heterocycles. The fourth-order valence-electron chi connectivity index (χ4n) is 1.91. The second-order valence-corrected chi connectivity index (χ2v) is 8.43. The molecule has 0 saturated carbocycles. The van der Waals surface area contributed by atoms with Crippen molar-refractivity contribution in [2.24, 2.45) is 0 Å². The van der Waals surface area contributed by atoms with Crippen molar-refractivity contribution in [3.05, 3.63) is 22.5 Å². The average molecular weight is 316 g/mol. The minimum atomic E-state index is -3.14. The summed E-state index contributed by atoms with van der Waals surface area (Å²) in [5.74, 6) is 0.101. The molecule has 0 fully saturated rings. The van der Waals surface area contributed by atoms with E-state index in [1.807, 2.05) is 6.92 Å². The maximum Gasteiger partial charge on any atom is 0.214 e. The number of aromatic nitrogens is 2. The smallest absolute Gasteiger partial charge is 0.214 e. The first-order valence-electron chi connectivity index (χ1n) is 6.36. The Morgan fingerprint density at radius 1 is 1.40 bits per heavy atom. The molecule has 0 saturated heterocycles. The molecule has 8 heteroatoms. The zero-order valence-corrected chi connectivity index (χ0v) is 13.8. The molecule has 0 unspecified atom stereocenters. The van der Waals surface area contributed by atoms with Gasteiger partial charge in [0.25, 0.3) is 0 Å². The zero-order chi connectivity index (χ0) is 14.9. The lowest BCUT2D eigenvalue weighted by Gasteiger charge is -2.11. The molecule has 2 aromatic heterocycles. The molecule has 0 aliphatic carbocycles. The zero-order valence-electron chi connectivity index (χ0n) is 12.2. The molecule has 2 aromatic rings. The number of hydrogen-bond donors (Lipinski definition) is 1. The van der Waals surface area contributed by atoms with Gasteiger partial charge in [0.05, 0.1) is 17.1 Å². The summed E-state index contributed by atoms with van der Waals surface area (Å²) in [4.78, 5) is 6.70. The second-order valence-electron chi connectivity index (χ2n) is 4.91. The van der Waals surface area contributed by atoms with Crippen LogP contribution >= 0.6 is 11.3 Å². The molecule has 0 spiro atoms. The van der Waals surface area contributed by atoms with Crippen molar-refractivity contribution >= 4 is 26.3 Å². The Labute approximate surface area is 123 Å². The quantitative estimate of drug-likeness (QED) is 0.807. The predicted molar refractivity (Wildman–Crippen MR) is 81.7 cm³/mol. The molecule has 0 amide bonds. The van der Waals surface area contributed by atoms with E-state index in [2.05, 4.69) is 27.8 Å². The topological polar surface area (TPSA) is 66.7 Å². The van der Waals surface area contributed by atoms with Crippen LogP contribution in [0.4, 0.5) is 0 Å². The van der Waals surface area contributed by atoms with Gasteiger partial charge in [0.15, 0.2) is 4.96 Å². The Hall–Kier alpha value is -0.960. The first kappa shape index (κ1) is 15.4. The first-order chi connectivity index (χ1) is 9.31. The highest BCUT2D eigenvalue weighted by atomic mass is 32.2. The number of nitrogens with zero attached hydrogens (tertiary/aromatic N) is 3. The summed E-state index contributed by atoms with van der Waals surface area (Å²) in [6.45, 7) is 5.07. The third-order valence-corrected chi connectivity index (χ3v) is 5.86. The van der Waals surface area contributed by atoms with Crippen LogP contribution < -0.4 is 5.32 Å². The Balaban J connectivity index is 1.98. The van der Waals surface area contributed by atoms with E-state index in [0.29, 0.717) is 13.1 Å². The Morgan fingerprint density at radius 2 is 2.10 bits per heavy atom. The van der Waals surface area contributed by atoms with E-state index in [-0.39, 0.29) is 5.75 Å². The molecule has 20 heavy (non-hydrogen) atoms. The van der Waals surface area contributed by atoms with Crippen molar-refractivity contribution in [3.8, 4) is 0 Å². The number of imidazole rings is 1. The second kappa shape index (κ2) is 5.80. The van der Waals surface area contributed by atoms with Gasteiger partial charge in [0, 0.05) is 38.3 Å². The van der Waals surface area contributed by atoms with E-state index in [0.717, 1.165) is 16.3 Å². The van der Waals surface area contributed by atoms with Gasteiger partial charge in [-0.1, -0.05) is 0 Å². The normalized spacial score (nSPS) is 12.7. The largest absolute Gasteiger partial charge is 0.310 e. The lowest BCUT2D eigenvalue weighted by Crippen LogP contribution is -2.31.